The molecule has 0 N–H and O–H groups in total. The van der Waals surface area contributed by atoms with E-state index in [1.165, 1.54) is 30.6 Å². The maximum Gasteiger partial charge on any atom is 0.137 e. The highest BCUT2D eigenvalue weighted by Gasteiger charge is 2.58. The van der Waals surface area contributed by atoms with Crippen LogP contribution in [0, 0.1) is 11.8 Å². The number of hydrogen-bond acceptors (Lipinski definition) is 2. The number of Topliss-reactive ketones (excluding diaryl/α,β-unsaturated/α-hetero) is 1. The largest absolute Gasteiger partial charge is 0.299 e. The van der Waals surface area contributed by atoms with Gasteiger partial charge in [-0.25, -0.2) is 0 Å². The summed E-state index contributed by atoms with van der Waals surface area (Å²) in [6, 6.07) is 10.7. The second kappa shape index (κ2) is 5.32. The molecule has 0 heterocycles. The highest BCUT2D eigenvalue weighted by Crippen LogP contribution is 2.62. The van der Waals surface area contributed by atoms with E-state index in [1.807, 2.05) is 18.7 Å². The Morgan fingerprint density at radius 3 is 2.79 bits per heavy atom. The van der Waals surface area contributed by atoms with Gasteiger partial charge in [-0.1, -0.05) is 38.0 Å². The summed E-state index contributed by atoms with van der Waals surface area (Å²) in [6.45, 7) is 2.01. The highest BCUT2D eigenvalue weighted by molar-refractivity contribution is 8.00. The molecule has 3 atom stereocenters. The van der Waals surface area contributed by atoms with Gasteiger partial charge in [-0.2, -0.15) is 0 Å². The van der Waals surface area contributed by atoms with Crippen LogP contribution in [-0.4, -0.2) is 10.5 Å². The van der Waals surface area contributed by atoms with Gasteiger partial charge >= 0.3 is 0 Å². The number of benzene rings is 1. The Bertz CT molecular complexity index is 456. The van der Waals surface area contributed by atoms with Crippen LogP contribution in [0.4, 0.5) is 0 Å². The zero-order valence-corrected chi connectivity index (χ0v) is 12.4. The Morgan fingerprint density at radius 2 is 2.11 bits per heavy atom. The summed E-state index contributed by atoms with van der Waals surface area (Å²) in [7, 11) is 0. The van der Waals surface area contributed by atoms with Gasteiger partial charge in [0.05, 0.1) is 0 Å². The Hall–Kier alpha value is -0.760. The van der Waals surface area contributed by atoms with Crippen molar-refractivity contribution in [1.82, 2.24) is 0 Å². The van der Waals surface area contributed by atoms with E-state index >= 15 is 0 Å². The maximum absolute atomic E-state index is 12.2. The molecule has 0 bridgehead atoms. The van der Waals surface area contributed by atoms with Crippen molar-refractivity contribution in [2.45, 2.75) is 55.1 Å². The summed E-state index contributed by atoms with van der Waals surface area (Å²) < 4.78 is 0.229. The minimum absolute atomic E-state index is 0.229. The topological polar surface area (TPSA) is 17.1 Å². The average molecular weight is 274 g/mol. The normalized spacial score (nSPS) is 33.3. The van der Waals surface area contributed by atoms with E-state index in [2.05, 4.69) is 30.3 Å². The maximum atomic E-state index is 12.2. The number of carbonyl (C=O) groups is 1. The molecule has 0 spiro atoms. The fraction of sp³-hybridized carbons (Fsp3) is 0.588. The van der Waals surface area contributed by atoms with Crippen LogP contribution in [0.2, 0.25) is 0 Å². The van der Waals surface area contributed by atoms with Crippen LogP contribution in [0.5, 0.6) is 0 Å². The van der Waals surface area contributed by atoms with E-state index in [-0.39, 0.29) is 4.75 Å². The van der Waals surface area contributed by atoms with Crippen molar-refractivity contribution in [3.05, 3.63) is 30.3 Å². The first-order chi connectivity index (χ1) is 9.26. The summed E-state index contributed by atoms with van der Waals surface area (Å²) in [5.74, 6) is 1.57. The lowest BCUT2D eigenvalue weighted by atomic mass is 9.56. The first-order valence-electron chi connectivity index (χ1n) is 7.53. The molecule has 0 amide bonds. The molecule has 1 nitrogen and oxygen atoms in total. The lowest BCUT2D eigenvalue weighted by molar-refractivity contribution is -0.130. The zero-order chi connectivity index (χ0) is 13.3. The Morgan fingerprint density at radius 1 is 1.32 bits per heavy atom. The number of rotatable bonds is 4. The molecule has 0 saturated heterocycles. The highest BCUT2D eigenvalue weighted by atomic mass is 32.2. The molecule has 19 heavy (non-hydrogen) atoms. The van der Waals surface area contributed by atoms with E-state index in [1.54, 1.807) is 0 Å². The summed E-state index contributed by atoms with van der Waals surface area (Å²) >= 11 is 1.99. The smallest absolute Gasteiger partial charge is 0.137 e. The molecule has 1 aromatic rings. The van der Waals surface area contributed by atoms with Gasteiger partial charge in [-0.15, -0.1) is 11.8 Å². The van der Waals surface area contributed by atoms with E-state index < -0.39 is 0 Å². The lowest BCUT2D eigenvalue weighted by Gasteiger charge is -2.57. The number of carbonyl (C=O) groups excluding carboxylic acids is 1. The zero-order valence-electron chi connectivity index (χ0n) is 11.6. The van der Waals surface area contributed by atoms with Gasteiger partial charge in [0.25, 0.3) is 0 Å². The van der Waals surface area contributed by atoms with Crippen LogP contribution >= 0.6 is 11.8 Å². The molecule has 0 unspecified atom stereocenters. The van der Waals surface area contributed by atoms with E-state index in [4.69, 9.17) is 0 Å². The Kier molecular flexibility index (Phi) is 3.70. The minimum Gasteiger partial charge on any atom is -0.299 e. The fourth-order valence-electron chi connectivity index (χ4n) is 3.90. The second-order valence-electron chi connectivity index (χ2n) is 5.92. The first-order valence-corrected chi connectivity index (χ1v) is 8.34. The standard InChI is InChI=1S/C17H22OS/c1-2-16(18)15-12-13-8-6-7-11-17(13,15)19-14-9-4-3-5-10-14/h3-5,9-10,13,15H,2,6-8,11-12H2,1H3/t13-,15-,17+/m0/s1. The first kappa shape index (κ1) is 13.2. The third kappa shape index (κ3) is 2.24. The molecule has 2 fully saturated rings. The second-order valence-corrected chi connectivity index (χ2v) is 7.36. The Balaban J connectivity index is 1.85. The molecule has 0 radical (unpaired) electrons. The quantitative estimate of drug-likeness (QED) is 0.791. The van der Waals surface area contributed by atoms with Crippen LogP contribution in [0.15, 0.2) is 35.2 Å². The molecule has 2 saturated carbocycles. The molecule has 3 rings (SSSR count). The predicted molar refractivity (Wildman–Crippen MR) is 80.4 cm³/mol. The summed E-state index contributed by atoms with van der Waals surface area (Å²) in [5.41, 5.74) is 0. The molecule has 0 aliphatic heterocycles. The van der Waals surface area contributed by atoms with E-state index in [0.29, 0.717) is 18.1 Å². The molecular formula is C17H22OS. The third-order valence-electron chi connectivity index (χ3n) is 4.96. The van der Waals surface area contributed by atoms with Crippen LogP contribution in [0.3, 0.4) is 0 Å². The summed E-state index contributed by atoms with van der Waals surface area (Å²) in [4.78, 5) is 13.6. The molecule has 102 valence electrons. The molecule has 2 aliphatic carbocycles. The molecular weight excluding hydrogens is 252 g/mol. The Labute approximate surface area is 120 Å². The van der Waals surface area contributed by atoms with Crippen molar-refractivity contribution >= 4 is 17.5 Å². The number of hydrogen-bond donors (Lipinski definition) is 0. The fourth-order valence-corrected chi connectivity index (χ4v) is 5.63. The van der Waals surface area contributed by atoms with Crippen molar-refractivity contribution in [2.24, 2.45) is 11.8 Å². The average Bonchev–Trinajstić information content (AvgIpc) is 2.43. The van der Waals surface area contributed by atoms with E-state index in [0.717, 1.165) is 12.3 Å². The van der Waals surface area contributed by atoms with Gasteiger partial charge in [0, 0.05) is 22.0 Å². The predicted octanol–water partition coefficient (Wildman–Crippen LogP) is 4.71. The number of thioether (sulfide) groups is 1. The third-order valence-corrected chi connectivity index (χ3v) is 6.67. The van der Waals surface area contributed by atoms with Gasteiger partial charge in [0.2, 0.25) is 0 Å². The van der Waals surface area contributed by atoms with Crippen LogP contribution in [-0.2, 0) is 4.79 Å². The van der Waals surface area contributed by atoms with Crippen LogP contribution < -0.4 is 0 Å². The molecule has 2 heteroatoms. The number of fused-ring (bicyclic) bond motifs is 1. The molecule has 2 aliphatic rings. The van der Waals surface area contributed by atoms with E-state index in [9.17, 15) is 4.79 Å². The van der Waals surface area contributed by atoms with Crippen molar-refractivity contribution in [3.63, 3.8) is 0 Å². The van der Waals surface area contributed by atoms with Crippen molar-refractivity contribution in [1.29, 1.82) is 0 Å². The van der Waals surface area contributed by atoms with Gasteiger partial charge < -0.3 is 0 Å². The summed E-state index contributed by atoms with van der Waals surface area (Å²) in [6.07, 6.45) is 7.06. The molecule has 0 aromatic heterocycles. The number of ketones is 1. The molecule has 1 aromatic carbocycles. The van der Waals surface area contributed by atoms with Gasteiger partial charge in [0.15, 0.2) is 0 Å². The van der Waals surface area contributed by atoms with Crippen molar-refractivity contribution in [3.8, 4) is 0 Å². The van der Waals surface area contributed by atoms with Crippen LogP contribution in [0.1, 0.15) is 45.4 Å². The monoisotopic (exact) mass is 274 g/mol. The SMILES string of the molecule is CCC(=O)[C@@H]1C[C@@H]2CCCC[C@@]21Sc1ccccc1. The van der Waals surface area contributed by atoms with Crippen LogP contribution in [0.25, 0.3) is 0 Å². The van der Waals surface area contributed by atoms with Gasteiger partial charge in [-0.3, -0.25) is 4.79 Å². The minimum atomic E-state index is 0.229. The van der Waals surface area contributed by atoms with Crippen molar-refractivity contribution in [2.75, 3.05) is 0 Å². The van der Waals surface area contributed by atoms with Gasteiger partial charge in [0.1, 0.15) is 5.78 Å². The lowest BCUT2D eigenvalue weighted by Crippen LogP contribution is -2.57. The summed E-state index contributed by atoms with van der Waals surface area (Å²) in [5, 5.41) is 0. The van der Waals surface area contributed by atoms with Gasteiger partial charge in [-0.05, 0) is 37.3 Å². The van der Waals surface area contributed by atoms with Crippen molar-refractivity contribution < 1.29 is 4.79 Å².